The Morgan fingerprint density at radius 1 is 1.00 bits per heavy atom. The summed E-state index contributed by atoms with van der Waals surface area (Å²) in [7, 11) is -1.42. The van der Waals surface area contributed by atoms with Crippen LogP contribution in [0.3, 0.4) is 0 Å². The molecule has 24 valence electrons. The van der Waals surface area contributed by atoms with Crippen LogP contribution in [0.1, 0.15) is 0 Å². The maximum atomic E-state index is 8.40. The molecule has 0 fully saturated rings. The van der Waals surface area contributed by atoms with Crippen molar-refractivity contribution in [2.75, 3.05) is 0 Å². The SMILES string of the molecule is O=[Si]=O.[K+].[K+].[O-2]. The van der Waals surface area contributed by atoms with Crippen LogP contribution in [-0.4, -0.2) is 9.29 Å². The third-order valence-electron chi connectivity index (χ3n) is 0. The average molecular weight is 154 g/mol. The van der Waals surface area contributed by atoms with Gasteiger partial charge < -0.3 is 5.48 Å². The summed E-state index contributed by atoms with van der Waals surface area (Å²) in [5, 5.41) is 0. The molecule has 0 saturated heterocycles. The van der Waals surface area contributed by atoms with Gasteiger partial charge in [-0.05, 0) is 0 Å². The summed E-state index contributed by atoms with van der Waals surface area (Å²) >= 11 is 0. The molecule has 0 radical (unpaired) electrons. The molecule has 0 rings (SSSR count). The summed E-state index contributed by atoms with van der Waals surface area (Å²) < 4.78 is 16.8. The standard InChI is InChI=1S/2K.O2Si.O/c;;1-3-2;/q2*+1;;-2. The molecule has 6 heteroatoms. The Bertz CT molecular complexity index is 29.8. The van der Waals surface area contributed by atoms with Crippen LogP contribution in [0, 0.1) is 0 Å². The van der Waals surface area contributed by atoms with Crippen molar-refractivity contribution in [1.29, 1.82) is 0 Å². The van der Waals surface area contributed by atoms with Gasteiger partial charge in [-0.25, -0.2) is 0 Å². The predicted molar refractivity (Wildman–Crippen MR) is 7.81 cm³/mol. The van der Waals surface area contributed by atoms with E-state index in [0.29, 0.717) is 0 Å². The minimum atomic E-state index is -1.42. The van der Waals surface area contributed by atoms with E-state index in [1.807, 2.05) is 0 Å². The fourth-order valence-corrected chi connectivity index (χ4v) is 0. The van der Waals surface area contributed by atoms with E-state index in [1.165, 1.54) is 0 Å². The van der Waals surface area contributed by atoms with Gasteiger partial charge in [0, 0.05) is 0 Å². The molecule has 0 aliphatic rings. The summed E-state index contributed by atoms with van der Waals surface area (Å²) in [5.41, 5.74) is 0. The second kappa shape index (κ2) is 24.4. The second-order valence-corrected chi connectivity index (χ2v) is 0.250. The molecule has 0 aromatic carbocycles. The zero-order chi connectivity index (χ0) is 2.71. The van der Waals surface area contributed by atoms with Crippen molar-refractivity contribution in [3.63, 3.8) is 0 Å². The van der Waals surface area contributed by atoms with E-state index in [-0.39, 0.29) is 108 Å². The van der Waals surface area contributed by atoms with Crippen LogP contribution in [0.15, 0.2) is 0 Å². The van der Waals surface area contributed by atoms with E-state index in [4.69, 9.17) is 8.92 Å². The molecule has 0 heterocycles. The zero-order valence-corrected chi connectivity index (χ0v) is 11.0. The van der Waals surface area contributed by atoms with E-state index in [1.54, 1.807) is 0 Å². The van der Waals surface area contributed by atoms with Gasteiger partial charge >= 0.3 is 112 Å². The molecule has 0 aliphatic heterocycles. The van der Waals surface area contributed by atoms with Gasteiger partial charge in [-0.3, -0.25) is 8.92 Å². The quantitative estimate of drug-likeness (QED) is 0.326. The molecule has 0 N–H and O–H groups in total. The first kappa shape index (κ1) is 23.0. The van der Waals surface area contributed by atoms with Crippen molar-refractivity contribution in [2.45, 2.75) is 0 Å². The van der Waals surface area contributed by atoms with Gasteiger partial charge in [0.05, 0.1) is 0 Å². The predicted octanol–water partition coefficient (Wildman–Crippen LogP) is -6.73. The molecule has 0 saturated carbocycles. The van der Waals surface area contributed by atoms with Crippen LogP contribution < -0.4 is 103 Å². The fourth-order valence-electron chi connectivity index (χ4n) is 0. The molecule has 0 aromatic heterocycles. The van der Waals surface area contributed by atoms with Crippen molar-refractivity contribution in [1.82, 2.24) is 0 Å². The van der Waals surface area contributed by atoms with Crippen molar-refractivity contribution in [3.05, 3.63) is 0 Å². The van der Waals surface area contributed by atoms with E-state index in [9.17, 15) is 0 Å². The van der Waals surface area contributed by atoms with E-state index in [2.05, 4.69) is 0 Å². The molecule has 0 unspecified atom stereocenters. The molecular formula is K2O3Si. The number of hydrogen-bond acceptors (Lipinski definition) is 2. The normalized spacial score (nSPS) is 1.33. The summed E-state index contributed by atoms with van der Waals surface area (Å²) in [6.45, 7) is 0. The van der Waals surface area contributed by atoms with Crippen LogP contribution in [0.5, 0.6) is 0 Å². The van der Waals surface area contributed by atoms with Gasteiger partial charge in [0.1, 0.15) is 0 Å². The van der Waals surface area contributed by atoms with E-state index in [0.717, 1.165) is 0 Å². The Balaban J connectivity index is -0.00000000667. The van der Waals surface area contributed by atoms with Crippen LogP contribution in [0.4, 0.5) is 0 Å². The first-order valence-corrected chi connectivity index (χ1v) is 1.22. The molecule has 6 heavy (non-hydrogen) atoms. The number of hydrogen-bond donors (Lipinski definition) is 0. The van der Waals surface area contributed by atoms with E-state index < -0.39 is 9.29 Å². The van der Waals surface area contributed by atoms with Gasteiger partial charge in [-0.15, -0.1) is 0 Å². The molecular weight excluding hydrogens is 154 g/mol. The van der Waals surface area contributed by atoms with Crippen molar-refractivity contribution < 1.29 is 117 Å². The van der Waals surface area contributed by atoms with Crippen molar-refractivity contribution >= 4 is 9.29 Å². The summed E-state index contributed by atoms with van der Waals surface area (Å²) in [6.07, 6.45) is 0. The Morgan fingerprint density at radius 2 is 1.00 bits per heavy atom. The third kappa shape index (κ3) is 27.7. The molecule has 0 bridgehead atoms. The molecule has 0 aliphatic carbocycles. The van der Waals surface area contributed by atoms with Crippen LogP contribution in [-0.2, 0) is 14.4 Å². The summed E-state index contributed by atoms with van der Waals surface area (Å²) in [4.78, 5) is 0. The first-order valence-electron chi connectivity index (χ1n) is 0.408. The van der Waals surface area contributed by atoms with Gasteiger partial charge in [0.25, 0.3) is 0 Å². The van der Waals surface area contributed by atoms with Crippen LogP contribution >= 0.6 is 0 Å². The largest absolute Gasteiger partial charge is 2.00 e. The Morgan fingerprint density at radius 3 is 1.00 bits per heavy atom. The van der Waals surface area contributed by atoms with Crippen LogP contribution in [0.25, 0.3) is 0 Å². The summed E-state index contributed by atoms with van der Waals surface area (Å²) in [5.74, 6) is 0. The monoisotopic (exact) mass is 154 g/mol. The van der Waals surface area contributed by atoms with Gasteiger partial charge in [-0.2, -0.15) is 0 Å². The summed E-state index contributed by atoms with van der Waals surface area (Å²) in [6, 6.07) is 0. The molecule has 0 amide bonds. The Hall–Kier alpha value is 3.05. The molecule has 0 atom stereocenters. The second-order valence-electron chi connectivity index (χ2n) is 0.0833. The maximum Gasteiger partial charge on any atom is 1.00 e. The smallest absolute Gasteiger partial charge is 1.00 e. The van der Waals surface area contributed by atoms with Gasteiger partial charge in [0.15, 0.2) is 0 Å². The fraction of sp³-hybridized carbons (Fsp3) is 0. The van der Waals surface area contributed by atoms with Gasteiger partial charge in [0.2, 0.25) is 0 Å². The maximum absolute atomic E-state index is 8.40. The van der Waals surface area contributed by atoms with Gasteiger partial charge in [-0.1, -0.05) is 0 Å². The van der Waals surface area contributed by atoms with Crippen LogP contribution in [0.2, 0.25) is 0 Å². The number of rotatable bonds is 0. The Kier molecular flexibility index (Phi) is 93.5. The van der Waals surface area contributed by atoms with E-state index >= 15 is 0 Å². The Labute approximate surface area is 123 Å². The molecule has 0 aromatic rings. The molecule has 0 spiro atoms. The minimum Gasteiger partial charge on any atom is -2.00 e. The third-order valence-corrected chi connectivity index (χ3v) is 0. The molecule has 3 nitrogen and oxygen atoms in total. The minimum absolute atomic E-state index is 0. The van der Waals surface area contributed by atoms with Crippen molar-refractivity contribution in [2.24, 2.45) is 0 Å². The average Bonchev–Trinajstić information content (AvgIpc) is 0.918. The first-order chi connectivity index (χ1) is 1.41. The van der Waals surface area contributed by atoms with Crippen molar-refractivity contribution in [3.8, 4) is 0 Å². The zero-order valence-electron chi connectivity index (χ0n) is 3.72. The topological polar surface area (TPSA) is 62.6 Å².